The van der Waals surface area contributed by atoms with E-state index in [2.05, 4.69) is 31.5 Å². The minimum atomic E-state index is -0.491. The molecule has 0 fully saturated rings. The number of hydrogen-bond acceptors (Lipinski definition) is 3. The van der Waals surface area contributed by atoms with Crippen molar-refractivity contribution < 1.29 is 9.18 Å². The van der Waals surface area contributed by atoms with Crippen molar-refractivity contribution in [2.75, 3.05) is 17.2 Å². The van der Waals surface area contributed by atoms with E-state index in [1.165, 1.54) is 18.3 Å². The fourth-order valence-electron chi connectivity index (χ4n) is 1.77. The molecule has 6 heteroatoms. The first-order valence-corrected chi connectivity index (χ1v) is 7.35. The summed E-state index contributed by atoms with van der Waals surface area (Å²) in [6.07, 6.45) is 4.05. The van der Waals surface area contributed by atoms with E-state index >= 15 is 0 Å². The van der Waals surface area contributed by atoms with Gasteiger partial charge in [0.05, 0.1) is 23.1 Å². The zero-order valence-corrected chi connectivity index (χ0v) is 13.1. The summed E-state index contributed by atoms with van der Waals surface area (Å²) in [4.78, 5) is 16.3. The number of amides is 1. The normalized spacial score (nSPS) is 10.2. The van der Waals surface area contributed by atoms with Crippen LogP contribution < -0.4 is 10.6 Å². The zero-order chi connectivity index (χ0) is 15.2. The smallest absolute Gasteiger partial charge is 0.257 e. The fraction of sp³-hybridized carbons (Fsp3) is 0.200. The van der Waals surface area contributed by atoms with Gasteiger partial charge in [0.2, 0.25) is 0 Å². The summed E-state index contributed by atoms with van der Waals surface area (Å²) in [7, 11) is 0. The molecule has 1 aromatic heterocycles. The SMILES string of the molecule is CCCNc1cnccc1C(=O)Nc1ccc(Br)cc1F. The number of rotatable bonds is 5. The Bertz CT molecular complexity index is 649. The summed E-state index contributed by atoms with van der Waals surface area (Å²) >= 11 is 3.18. The molecule has 0 bridgehead atoms. The molecule has 1 amide bonds. The highest BCUT2D eigenvalue weighted by atomic mass is 79.9. The summed E-state index contributed by atoms with van der Waals surface area (Å²) in [5.74, 6) is -0.868. The van der Waals surface area contributed by atoms with Gasteiger partial charge >= 0.3 is 0 Å². The lowest BCUT2D eigenvalue weighted by Gasteiger charge is -2.11. The van der Waals surface area contributed by atoms with Crippen LogP contribution in [0.4, 0.5) is 15.8 Å². The summed E-state index contributed by atoms with van der Waals surface area (Å²) in [6, 6.07) is 6.08. The predicted octanol–water partition coefficient (Wildman–Crippen LogP) is 4.06. The highest BCUT2D eigenvalue weighted by Gasteiger charge is 2.13. The van der Waals surface area contributed by atoms with Gasteiger partial charge < -0.3 is 10.6 Å². The van der Waals surface area contributed by atoms with Crippen LogP contribution in [0, 0.1) is 5.82 Å². The highest BCUT2D eigenvalue weighted by Crippen LogP contribution is 2.21. The number of carbonyl (C=O) groups excluding carboxylic acids is 1. The van der Waals surface area contributed by atoms with Crippen LogP contribution in [0.3, 0.4) is 0 Å². The highest BCUT2D eigenvalue weighted by molar-refractivity contribution is 9.10. The van der Waals surface area contributed by atoms with Crippen molar-refractivity contribution in [3.63, 3.8) is 0 Å². The lowest BCUT2D eigenvalue weighted by atomic mass is 10.2. The van der Waals surface area contributed by atoms with Crippen LogP contribution in [-0.2, 0) is 0 Å². The maximum Gasteiger partial charge on any atom is 0.257 e. The van der Waals surface area contributed by atoms with Gasteiger partial charge in [0, 0.05) is 17.2 Å². The Balaban J connectivity index is 2.20. The van der Waals surface area contributed by atoms with Gasteiger partial charge in [-0.1, -0.05) is 22.9 Å². The Labute approximate surface area is 130 Å². The Hall–Kier alpha value is -1.95. The third kappa shape index (κ3) is 4.01. The lowest BCUT2D eigenvalue weighted by Crippen LogP contribution is -2.16. The molecule has 0 saturated carbocycles. The second kappa shape index (κ2) is 7.17. The molecule has 0 saturated heterocycles. The monoisotopic (exact) mass is 351 g/mol. The average Bonchev–Trinajstić information content (AvgIpc) is 2.48. The van der Waals surface area contributed by atoms with Crippen molar-refractivity contribution in [1.29, 1.82) is 0 Å². The molecule has 2 aromatic rings. The predicted molar refractivity (Wildman–Crippen MR) is 85.1 cm³/mol. The molecule has 0 aliphatic heterocycles. The van der Waals surface area contributed by atoms with Crippen molar-refractivity contribution in [3.05, 3.63) is 52.5 Å². The van der Waals surface area contributed by atoms with Crippen molar-refractivity contribution in [3.8, 4) is 0 Å². The topological polar surface area (TPSA) is 54.0 Å². The maximum atomic E-state index is 13.8. The molecule has 0 unspecified atom stereocenters. The van der Waals surface area contributed by atoms with Gasteiger partial charge in [-0.05, 0) is 30.7 Å². The van der Waals surface area contributed by atoms with Gasteiger partial charge in [-0.2, -0.15) is 0 Å². The number of carbonyl (C=O) groups is 1. The van der Waals surface area contributed by atoms with Crippen LogP contribution in [0.25, 0.3) is 0 Å². The van der Waals surface area contributed by atoms with Crippen LogP contribution in [-0.4, -0.2) is 17.4 Å². The lowest BCUT2D eigenvalue weighted by molar-refractivity contribution is 0.102. The summed E-state index contributed by atoms with van der Waals surface area (Å²) in [5, 5.41) is 5.70. The molecule has 0 radical (unpaired) electrons. The van der Waals surface area contributed by atoms with Crippen LogP contribution in [0.5, 0.6) is 0 Å². The zero-order valence-electron chi connectivity index (χ0n) is 11.5. The molecule has 110 valence electrons. The molecule has 2 rings (SSSR count). The number of benzene rings is 1. The molecule has 1 aromatic carbocycles. The second-order valence-corrected chi connectivity index (χ2v) is 5.34. The van der Waals surface area contributed by atoms with Gasteiger partial charge in [-0.15, -0.1) is 0 Å². The number of aromatic nitrogens is 1. The quantitative estimate of drug-likeness (QED) is 0.853. The van der Waals surface area contributed by atoms with Gasteiger partial charge in [-0.25, -0.2) is 4.39 Å². The number of nitrogens with one attached hydrogen (secondary N) is 2. The summed E-state index contributed by atoms with van der Waals surface area (Å²) < 4.78 is 14.4. The van der Waals surface area contributed by atoms with Gasteiger partial charge in [-0.3, -0.25) is 9.78 Å². The van der Waals surface area contributed by atoms with Crippen molar-refractivity contribution in [2.24, 2.45) is 0 Å². The fourth-order valence-corrected chi connectivity index (χ4v) is 2.11. The molecular weight excluding hydrogens is 337 g/mol. The molecule has 0 aliphatic rings. The van der Waals surface area contributed by atoms with E-state index in [-0.39, 0.29) is 11.6 Å². The van der Waals surface area contributed by atoms with Crippen molar-refractivity contribution >= 4 is 33.2 Å². The third-order valence-corrected chi connectivity index (χ3v) is 3.30. The Kier molecular flexibility index (Phi) is 5.27. The van der Waals surface area contributed by atoms with Crippen LogP contribution in [0.1, 0.15) is 23.7 Å². The number of halogens is 2. The van der Waals surface area contributed by atoms with E-state index in [0.717, 1.165) is 13.0 Å². The van der Waals surface area contributed by atoms with Gasteiger partial charge in [0.25, 0.3) is 5.91 Å². The average molecular weight is 352 g/mol. The van der Waals surface area contributed by atoms with E-state index in [9.17, 15) is 9.18 Å². The van der Waals surface area contributed by atoms with E-state index in [1.54, 1.807) is 18.3 Å². The van der Waals surface area contributed by atoms with E-state index in [1.807, 2.05) is 6.92 Å². The van der Waals surface area contributed by atoms with Crippen molar-refractivity contribution in [2.45, 2.75) is 13.3 Å². The van der Waals surface area contributed by atoms with E-state index < -0.39 is 5.82 Å². The molecule has 21 heavy (non-hydrogen) atoms. The Morgan fingerprint density at radius 1 is 1.33 bits per heavy atom. The molecule has 0 aliphatic carbocycles. The standard InChI is InChI=1S/C15H15BrFN3O/c1-2-6-19-14-9-18-7-5-11(14)15(21)20-13-4-3-10(16)8-12(13)17/h3-5,7-9,19H,2,6H2,1H3,(H,20,21). The van der Waals surface area contributed by atoms with Crippen LogP contribution >= 0.6 is 15.9 Å². The Morgan fingerprint density at radius 2 is 2.14 bits per heavy atom. The molecule has 0 atom stereocenters. The van der Waals surface area contributed by atoms with E-state index in [0.29, 0.717) is 15.7 Å². The molecule has 4 nitrogen and oxygen atoms in total. The molecule has 2 N–H and O–H groups in total. The van der Waals surface area contributed by atoms with Gasteiger partial charge in [0.1, 0.15) is 5.82 Å². The second-order valence-electron chi connectivity index (χ2n) is 4.43. The summed E-state index contributed by atoms with van der Waals surface area (Å²) in [6.45, 7) is 2.76. The molecular formula is C15H15BrFN3O. The van der Waals surface area contributed by atoms with E-state index in [4.69, 9.17) is 0 Å². The van der Waals surface area contributed by atoms with Crippen LogP contribution in [0.15, 0.2) is 41.1 Å². The minimum absolute atomic E-state index is 0.140. The van der Waals surface area contributed by atoms with Crippen LogP contribution in [0.2, 0.25) is 0 Å². The molecule has 0 spiro atoms. The molecule has 1 heterocycles. The number of nitrogens with zero attached hydrogens (tertiary/aromatic N) is 1. The number of pyridine rings is 1. The first-order chi connectivity index (χ1) is 10.1. The maximum absolute atomic E-state index is 13.8. The third-order valence-electron chi connectivity index (χ3n) is 2.81. The Morgan fingerprint density at radius 3 is 2.86 bits per heavy atom. The first kappa shape index (κ1) is 15.4. The first-order valence-electron chi connectivity index (χ1n) is 6.56. The minimum Gasteiger partial charge on any atom is -0.383 e. The summed E-state index contributed by atoms with van der Waals surface area (Å²) in [5.41, 5.74) is 1.21. The largest absolute Gasteiger partial charge is 0.383 e. The van der Waals surface area contributed by atoms with Gasteiger partial charge in [0.15, 0.2) is 0 Å². The number of hydrogen-bond donors (Lipinski definition) is 2. The van der Waals surface area contributed by atoms with Crippen molar-refractivity contribution in [1.82, 2.24) is 4.98 Å². The number of anilines is 2.